The summed E-state index contributed by atoms with van der Waals surface area (Å²) in [5.74, 6) is 0. The minimum atomic E-state index is -0.562. The first-order valence-electron chi connectivity index (χ1n) is 10.5. The van der Waals surface area contributed by atoms with Crippen molar-refractivity contribution >= 4 is 18.7 Å². The number of hydrogen-bond acceptors (Lipinski definition) is 6. The summed E-state index contributed by atoms with van der Waals surface area (Å²) in [5.41, 5.74) is -1.19. The molecule has 8 nitrogen and oxygen atoms in total. The van der Waals surface area contributed by atoms with Crippen molar-refractivity contribution in [2.24, 2.45) is 0 Å². The van der Waals surface area contributed by atoms with E-state index in [2.05, 4.69) is 11.2 Å². The van der Waals surface area contributed by atoms with Gasteiger partial charge in [0.25, 0.3) is 0 Å². The molecule has 2 aliphatic rings. The maximum atomic E-state index is 12.3. The third kappa shape index (κ3) is 4.65. The monoisotopic (exact) mass is 418 g/mol. The lowest BCUT2D eigenvalue weighted by atomic mass is 9.81. The van der Waals surface area contributed by atoms with Gasteiger partial charge in [-0.05, 0) is 48.5 Å². The molecule has 0 saturated carbocycles. The van der Waals surface area contributed by atoms with Crippen molar-refractivity contribution in [2.45, 2.75) is 91.1 Å². The highest BCUT2D eigenvalue weighted by atomic mass is 16.7. The number of carbonyl (C=O) groups excluding carboxylic acids is 1. The summed E-state index contributed by atoms with van der Waals surface area (Å²) in [5, 5.41) is 13.8. The molecule has 1 aromatic rings. The van der Waals surface area contributed by atoms with Crippen LogP contribution in [0.3, 0.4) is 0 Å². The molecule has 2 aliphatic heterocycles. The van der Waals surface area contributed by atoms with Gasteiger partial charge in [0, 0.05) is 17.9 Å². The molecule has 0 atom stereocenters. The van der Waals surface area contributed by atoms with E-state index in [0.717, 1.165) is 5.46 Å². The molecule has 1 aromatic heterocycles. The smallest absolute Gasteiger partial charge is 0.444 e. The Hall–Kier alpha value is -2.05. The van der Waals surface area contributed by atoms with Gasteiger partial charge in [-0.25, -0.2) is 4.79 Å². The zero-order valence-corrected chi connectivity index (χ0v) is 19.8. The second-order valence-electron chi connectivity index (χ2n) is 9.70. The molecule has 0 aromatic carbocycles. The molecule has 0 unspecified atom stereocenters. The zero-order chi connectivity index (χ0) is 23.0. The molecule has 166 valence electrons. The van der Waals surface area contributed by atoms with Gasteiger partial charge < -0.3 is 18.9 Å². The highest BCUT2D eigenvalue weighted by molar-refractivity contribution is 6.62. The minimum Gasteiger partial charge on any atom is -0.444 e. The summed E-state index contributed by atoms with van der Waals surface area (Å²) in [6, 6.07) is 2.22. The van der Waals surface area contributed by atoms with E-state index < -0.39 is 29.5 Å². The quantitative estimate of drug-likeness (QED) is 0.701. The summed E-state index contributed by atoms with van der Waals surface area (Å²) in [6.45, 7) is 18.2. The third-order valence-electron chi connectivity index (χ3n) is 5.64. The Morgan fingerprint density at radius 2 is 1.77 bits per heavy atom. The second kappa shape index (κ2) is 8.24. The molecule has 9 heteroatoms. The van der Waals surface area contributed by atoms with Crippen LogP contribution in [0.4, 0.5) is 4.79 Å². The number of hydrogen-bond donors (Lipinski definition) is 0. The Morgan fingerprint density at radius 1 is 1.23 bits per heavy atom. The van der Waals surface area contributed by atoms with E-state index in [4.69, 9.17) is 14.0 Å². The second-order valence-corrected chi connectivity index (χ2v) is 9.70. The molecule has 1 amide bonds. The van der Waals surface area contributed by atoms with E-state index in [0.29, 0.717) is 13.1 Å². The van der Waals surface area contributed by atoms with Crippen molar-refractivity contribution in [1.29, 1.82) is 5.26 Å². The average molecular weight is 418 g/mol. The Balaban J connectivity index is 0.00000155. The van der Waals surface area contributed by atoms with Crippen molar-refractivity contribution in [1.82, 2.24) is 14.7 Å². The number of carbonyl (C=O) groups is 1. The molecule has 0 bridgehead atoms. The largest absolute Gasteiger partial charge is 0.498 e. The number of ether oxygens (including phenoxy) is 1. The van der Waals surface area contributed by atoms with Crippen LogP contribution in [0.25, 0.3) is 0 Å². The van der Waals surface area contributed by atoms with Gasteiger partial charge >= 0.3 is 13.2 Å². The van der Waals surface area contributed by atoms with Gasteiger partial charge in [0.2, 0.25) is 0 Å². The number of nitriles is 1. The molecule has 0 N–H and O–H groups in total. The van der Waals surface area contributed by atoms with Gasteiger partial charge in [-0.3, -0.25) is 4.68 Å². The van der Waals surface area contributed by atoms with Crippen LogP contribution in [0.2, 0.25) is 0 Å². The van der Waals surface area contributed by atoms with Crippen LogP contribution >= 0.6 is 0 Å². The van der Waals surface area contributed by atoms with Crippen molar-refractivity contribution < 1.29 is 18.8 Å². The van der Waals surface area contributed by atoms with Crippen LogP contribution in [0.5, 0.6) is 0 Å². The van der Waals surface area contributed by atoms with Gasteiger partial charge in [-0.15, -0.1) is 0 Å². The summed E-state index contributed by atoms with van der Waals surface area (Å²) in [6.07, 6.45) is 3.43. The molecule has 2 fully saturated rings. The Labute approximate surface area is 180 Å². The first-order valence-corrected chi connectivity index (χ1v) is 10.5. The molecule has 2 saturated heterocycles. The van der Waals surface area contributed by atoms with E-state index in [1.165, 1.54) is 0 Å². The lowest BCUT2D eigenvalue weighted by Crippen LogP contribution is -2.64. The third-order valence-corrected chi connectivity index (χ3v) is 5.64. The molecular weight excluding hydrogens is 383 g/mol. The van der Waals surface area contributed by atoms with Gasteiger partial charge in [0.1, 0.15) is 11.1 Å². The lowest BCUT2D eigenvalue weighted by Gasteiger charge is -2.48. The summed E-state index contributed by atoms with van der Waals surface area (Å²) in [7, 11) is -0.514. The molecule has 0 spiro atoms. The van der Waals surface area contributed by atoms with Crippen LogP contribution in [0, 0.1) is 11.3 Å². The minimum absolute atomic E-state index is 0.247. The summed E-state index contributed by atoms with van der Waals surface area (Å²) in [4.78, 5) is 13.9. The Bertz CT molecular complexity index is 785. The molecular formula is C21H35BN4O4. The van der Waals surface area contributed by atoms with Crippen LogP contribution in [-0.2, 0) is 19.6 Å². The molecule has 0 aliphatic carbocycles. The predicted octanol–water partition coefficient (Wildman–Crippen LogP) is 3.07. The van der Waals surface area contributed by atoms with E-state index in [1.807, 2.05) is 68.5 Å². The average Bonchev–Trinajstić information content (AvgIpc) is 3.14. The number of nitrogens with zero attached hydrogens (tertiary/aromatic N) is 4. The molecule has 0 radical (unpaired) electrons. The molecule has 30 heavy (non-hydrogen) atoms. The highest BCUT2D eigenvalue weighted by Crippen LogP contribution is 2.37. The maximum Gasteiger partial charge on any atom is 0.498 e. The van der Waals surface area contributed by atoms with Crippen LogP contribution in [0.15, 0.2) is 12.4 Å². The van der Waals surface area contributed by atoms with Crippen molar-refractivity contribution in [3.8, 4) is 6.07 Å². The number of aromatic nitrogens is 2. The van der Waals surface area contributed by atoms with E-state index in [-0.39, 0.29) is 12.5 Å². The molecule has 3 heterocycles. The van der Waals surface area contributed by atoms with E-state index >= 15 is 0 Å². The van der Waals surface area contributed by atoms with Gasteiger partial charge in [0.15, 0.2) is 0 Å². The lowest BCUT2D eigenvalue weighted by molar-refractivity contribution is -0.0314. The number of amides is 1. The number of likely N-dealkylation sites (tertiary alicyclic amines) is 1. The standard InChI is InChI=1S/C19H29BN4O4.C2H6/c1-16(2,3)26-15(25)23-12-19(13-23,8-9-21)24-11-14(10-22-24)20-27-17(4,5)18(6,7)28-20;1-2/h10-11H,8,12-13H2,1-7H3;1-2H3. The number of rotatable bonds is 3. The Morgan fingerprint density at radius 3 is 2.23 bits per heavy atom. The van der Waals surface area contributed by atoms with Gasteiger partial charge in [-0.1, -0.05) is 13.8 Å². The maximum absolute atomic E-state index is 12.3. The molecule has 3 rings (SSSR count). The van der Waals surface area contributed by atoms with E-state index in [9.17, 15) is 10.1 Å². The fraction of sp³-hybridized carbons (Fsp3) is 0.762. The van der Waals surface area contributed by atoms with Gasteiger partial charge in [0.05, 0.1) is 36.8 Å². The first kappa shape index (κ1) is 24.2. The first-order chi connectivity index (χ1) is 13.8. The van der Waals surface area contributed by atoms with Crippen molar-refractivity contribution in [3.05, 3.63) is 12.4 Å². The SMILES string of the molecule is CC.CC(C)(C)OC(=O)N1CC(CC#N)(n2cc(B3OC(C)(C)C(C)(C)O3)cn2)C1. The Kier molecular flexibility index (Phi) is 6.65. The summed E-state index contributed by atoms with van der Waals surface area (Å²) >= 11 is 0. The summed E-state index contributed by atoms with van der Waals surface area (Å²) < 4.78 is 19.3. The van der Waals surface area contributed by atoms with Gasteiger partial charge in [-0.2, -0.15) is 10.4 Å². The normalized spacial score (nSPS) is 21.2. The van der Waals surface area contributed by atoms with Crippen molar-refractivity contribution in [2.75, 3.05) is 13.1 Å². The fourth-order valence-corrected chi connectivity index (χ4v) is 3.30. The fourth-order valence-electron chi connectivity index (χ4n) is 3.30. The zero-order valence-electron chi connectivity index (χ0n) is 19.8. The topological polar surface area (TPSA) is 89.6 Å². The van der Waals surface area contributed by atoms with Crippen LogP contribution < -0.4 is 5.46 Å². The van der Waals surface area contributed by atoms with Crippen LogP contribution in [-0.4, -0.2) is 57.8 Å². The predicted molar refractivity (Wildman–Crippen MR) is 115 cm³/mol. The van der Waals surface area contributed by atoms with Crippen LogP contribution in [0.1, 0.15) is 68.7 Å². The van der Waals surface area contributed by atoms with E-state index in [1.54, 1.807) is 15.8 Å². The van der Waals surface area contributed by atoms with Crippen molar-refractivity contribution in [3.63, 3.8) is 0 Å². The highest BCUT2D eigenvalue weighted by Gasteiger charge is 2.53.